The predicted octanol–water partition coefficient (Wildman–Crippen LogP) is 4.80. The molecule has 0 radical (unpaired) electrons. The molecule has 0 fully saturated rings. The van der Waals surface area contributed by atoms with Gasteiger partial charge in [-0.25, -0.2) is 4.79 Å². The molecule has 0 bridgehead atoms. The SMILES string of the molecule is CCOC(=O)c1c(C)c(C(=O)Nc2cc([N+](=O)[O-])ccc2C)c(C)n1Cc1ccccc1. The number of non-ortho nitro benzene ring substituents is 1. The van der Waals surface area contributed by atoms with Gasteiger partial charge in [-0.3, -0.25) is 14.9 Å². The molecule has 32 heavy (non-hydrogen) atoms. The van der Waals surface area contributed by atoms with Crippen molar-refractivity contribution in [3.8, 4) is 0 Å². The van der Waals surface area contributed by atoms with E-state index in [9.17, 15) is 19.7 Å². The summed E-state index contributed by atoms with van der Waals surface area (Å²) >= 11 is 0. The molecule has 0 aliphatic rings. The van der Waals surface area contributed by atoms with E-state index in [0.717, 1.165) is 5.56 Å². The molecule has 0 aliphatic heterocycles. The van der Waals surface area contributed by atoms with Crippen LogP contribution >= 0.6 is 0 Å². The van der Waals surface area contributed by atoms with Gasteiger partial charge in [0.25, 0.3) is 11.6 Å². The second-order valence-electron chi connectivity index (χ2n) is 7.44. The number of esters is 1. The van der Waals surface area contributed by atoms with E-state index in [1.807, 2.05) is 30.3 Å². The quantitative estimate of drug-likeness (QED) is 0.326. The second kappa shape index (κ2) is 9.47. The van der Waals surface area contributed by atoms with Crippen LogP contribution in [0.3, 0.4) is 0 Å². The Hall–Kier alpha value is -3.94. The van der Waals surface area contributed by atoms with Crippen molar-refractivity contribution in [2.24, 2.45) is 0 Å². The number of nitrogens with zero attached hydrogens (tertiary/aromatic N) is 2. The van der Waals surface area contributed by atoms with Crippen molar-refractivity contribution in [2.45, 2.75) is 34.2 Å². The Morgan fingerprint density at radius 2 is 1.78 bits per heavy atom. The summed E-state index contributed by atoms with van der Waals surface area (Å²) in [4.78, 5) is 36.6. The fourth-order valence-corrected chi connectivity index (χ4v) is 3.70. The van der Waals surface area contributed by atoms with Crippen LogP contribution in [0.1, 0.15) is 50.2 Å². The van der Waals surface area contributed by atoms with Crippen LogP contribution in [-0.4, -0.2) is 28.0 Å². The number of nitro groups is 1. The molecule has 8 nitrogen and oxygen atoms in total. The standard InChI is InChI=1S/C24H25N3O5/c1-5-32-24(29)22-16(3)21(17(4)26(22)14-18-9-7-6-8-10-18)23(28)25-20-13-19(27(30)31)12-11-15(20)2/h6-13H,5,14H2,1-4H3,(H,25,28). The third-order valence-corrected chi connectivity index (χ3v) is 5.33. The number of rotatable bonds is 7. The van der Waals surface area contributed by atoms with E-state index in [0.29, 0.717) is 40.3 Å². The summed E-state index contributed by atoms with van der Waals surface area (Å²) in [5, 5.41) is 13.9. The molecule has 1 amide bonds. The van der Waals surface area contributed by atoms with Gasteiger partial charge in [-0.15, -0.1) is 0 Å². The zero-order valence-corrected chi connectivity index (χ0v) is 18.5. The summed E-state index contributed by atoms with van der Waals surface area (Å²) in [6.07, 6.45) is 0. The average molecular weight is 435 g/mol. The van der Waals surface area contributed by atoms with Gasteiger partial charge in [-0.2, -0.15) is 0 Å². The molecule has 166 valence electrons. The van der Waals surface area contributed by atoms with Crippen LogP contribution < -0.4 is 5.32 Å². The van der Waals surface area contributed by atoms with Crippen molar-refractivity contribution in [3.63, 3.8) is 0 Å². The van der Waals surface area contributed by atoms with Gasteiger partial charge < -0.3 is 14.6 Å². The lowest BCUT2D eigenvalue weighted by molar-refractivity contribution is -0.384. The van der Waals surface area contributed by atoms with Crippen LogP contribution in [0.2, 0.25) is 0 Å². The van der Waals surface area contributed by atoms with Crippen LogP contribution in [0.5, 0.6) is 0 Å². The summed E-state index contributed by atoms with van der Waals surface area (Å²) < 4.78 is 7.02. The first kappa shape index (κ1) is 22.7. The van der Waals surface area contributed by atoms with Crippen LogP contribution in [0.25, 0.3) is 0 Å². The number of ether oxygens (including phenoxy) is 1. The van der Waals surface area contributed by atoms with Crippen LogP contribution in [0.15, 0.2) is 48.5 Å². The summed E-state index contributed by atoms with van der Waals surface area (Å²) in [5.41, 5.74) is 3.65. The molecule has 0 saturated carbocycles. The Morgan fingerprint density at radius 3 is 2.41 bits per heavy atom. The lowest BCUT2D eigenvalue weighted by atomic mass is 10.1. The molecule has 0 atom stereocenters. The molecule has 3 aromatic rings. The normalized spacial score (nSPS) is 10.6. The van der Waals surface area contributed by atoms with E-state index in [-0.39, 0.29) is 12.3 Å². The number of amides is 1. The number of nitro benzene ring substituents is 1. The van der Waals surface area contributed by atoms with Gasteiger partial charge in [-0.05, 0) is 44.4 Å². The topological polar surface area (TPSA) is 103 Å². The van der Waals surface area contributed by atoms with Gasteiger partial charge in [-0.1, -0.05) is 36.4 Å². The zero-order valence-electron chi connectivity index (χ0n) is 18.5. The minimum atomic E-state index is -0.513. The first-order chi connectivity index (χ1) is 15.2. The van der Waals surface area contributed by atoms with Gasteiger partial charge in [0, 0.05) is 24.4 Å². The first-order valence-corrected chi connectivity index (χ1v) is 10.2. The molecule has 0 spiro atoms. The fourth-order valence-electron chi connectivity index (χ4n) is 3.70. The maximum atomic E-state index is 13.2. The molecule has 2 aromatic carbocycles. The van der Waals surface area contributed by atoms with Gasteiger partial charge >= 0.3 is 5.97 Å². The molecular weight excluding hydrogens is 410 g/mol. The molecular formula is C24H25N3O5. The molecule has 1 aromatic heterocycles. The monoisotopic (exact) mass is 435 g/mol. The molecule has 8 heteroatoms. The van der Waals surface area contributed by atoms with Gasteiger partial charge in [0.1, 0.15) is 5.69 Å². The minimum absolute atomic E-state index is 0.117. The van der Waals surface area contributed by atoms with Crippen LogP contribution in [-0.2, 0) is 11.3 Å². The number of aromatic nitrogens is 1. The summed E-state index contributed by atoms with van der Waals surface area (Å²) in [6, 6.07) is 13.9. The zero-order chi connectivity index (χ0) is 23.4. The molecule has 1 N–H and O–H groups in total. The number of nitrogens with one attached hydrogen (secondary N) is 1. The van der Waals surface area contributed by atoms with E-state index in [1.165, 1.54) is 12.1 Å². The fraction of sp³-hybridized carbons (Fsp3) is 0.250. The van der Waals surface area contributed by atoms with Gasteiger partial charge in [0.05, 0.1) is 22.8 Å². The summed E-state index contributed by atoms with van der Waals surface area (Å²) in [6.45, 7) is 7.56. The number of hydrogen-bond acceptors (Lipinski definition) is 5. The number of hydrogen-bond donors (Lipinski definition) is 1. The third kappa shape index (κ3) is 4.54. The Kier molecular flexibility index (Phi) is 6.73. The molecule has 3 rings (SSSR count). The van der Waals surface area contributed by atoms with Crippen molar-refractivity contribution < 1.29 is 19.2 Å². The van der Waals surface area contributed by atoms with Crippen molar-refractivity contribution in [1.82, 2.24) is 4.57 Å². The Bertz CT molecular complexity index is 1180. The van der Waals surface area contributed by atoms with Crippen molar-refractivity contribution in [1.29, 1.82) is 0 Å². The number of anilines is 1. The number of carbonyl (C=O) groups is 2. The molecule has 0 unspecified atom stereocenters. The Morgan fingerprint density at radius 1 is 1.09 bits per heavy atom. The first-order valence-electron chi connectivity index (χ1n) is 10.2. The largest absolute Gasteiger partial charge is 0.461 e. The highest BCUT2D eigenvalue weighted by molar-refractivity contribution is 6.08. The molecule has 0 saturated heterocycles. The molecule has 0 aliphatic carbocycles. The maximum absolute atomic E-state index is 13.2. The summed E-state index contributed by atoms with van der Waals surface area (Å²) in [5.74, 6) is -0.949. The highest BCUT2D eigenvalue weighted by Gasteiger charge is 2.27. The number of benzene rings is 2. The van der Waals surface area contributed by atoms with Crippen molar-refractivity contribution in [2.75, 3.05) is 11.9 Å². The van der Waals surface area contributed by atoms with Crippen LogP contribution in [0.4, 0.5) is 11.4 Å². The average Bonchev–Trinajstić information content (AvgIpc) is 3.00. The van der Waals surface area contributed by atoms with Gasteiger partial charge in [0.15, 0.2) is 0 Å². The smallest absolute Gasteiger partial charge is 0.355 e. The van der Waals surface area contributed by atoms with E-state index in [4.69, 9.17) is 4.74 Å². The second-order valence-corrected chi connectivity index (χ2v) is 7.44. The highest BCUT2D eigenvalue weighted by Crippen LogP contribution is 2.27. The van der Waals surface area contributed by atoms with E-state index in [2.05, 4.69) is 5.32 Å². The lowest BCUT2D eigenvalue weighted by Gasteiger charge is -2.12. The van der Waals surface area contributed by atoms with Gasteiger partial charge in [0.2, 0.25) is 0 Å². The number of carbonyl (C=O) groups excluding carboxylic acids is 2. The third-order valence-electron chi connectivity index (χ3n) is 5.33. The molecule has 1 heterocycles. The van der Waals surface area contributed by atoms with E-state index < -0.39 is 16.8 Å². The van der Waals surface area contributed by atoms with Crippen molar-refractivity contribution >= 4 is 23.3 Å². The van der Waals surface area contributed by atoms with E-state index >= 15 is 0 Å². The Balaban J connectivity index is 2.05. The Labute approximate surface area is 186 Å². The van der Waals surface area contributed by atoms with E-state index in [1.54, 1.807) is 38.3 Å². The summed E-state index contributed by atoms with van der Waals surface area (Å²) in [7, 11) is 0. The van der Waals surface area contributed by atoms with Crippen LogP contribution in [0, 0.1) is 30.9 Å². The maximum Gasteiger partial charge on any atom is 0.355 e. The number of aryl methyl sites for hydroxylation is 1. The highest BCUT2D eigenvalue weighted by atomic mass is 16.6. The lowest BCUT2D eigenvalue weighted by Crippen LogP contribution is -2.15. The van der Waals surface area contributed by atoms with Crippen molar-refractivity contribution in [3.05, 3.63) is 92.3 Å². The minimum Gasteiger partial charge on any atom is -0.461 e. The predicted molar refractivity (Wildman–Crippen MR) is 121 cm³/mol.